The third-order valence-electron chi connectivity index (χ3n) is 3.74. The van der Waals surface area contributed by atoms with Crippen LogP contribution in [0.5, 0.6) is 5.75 Å². The number of methoxy groups -OCH3 is 1. The van der Waals surface area contributed by atoms with E-state index in [1.165, 1.54) is 18.4 Å². The molecule has 26 heavy (non-hydrogen) atoms. The van der Waals surface area contributed by atoms with E-state index in [0.717, 1.165) is 21.8 Å². The van der Waals surface area contributed by atoms with Crippen LogP contribution in [-0.2, 0) is 16.4 Å². The number of sulfonamides is 1. The molecule has 1 aromatic carbocycles. The highest BCUT2D eigenvalue weighted by Crippen LogP contribution is 2.25. The Morgan fingerprint density at radius 3 is 2.85 bits per heavy atom. The molecule has 0 radical (unpaired) electrons. The Morgan fingerprint density at radius 1 is 1.27 bits per heavy atom. The lowest BCUT2D eigenvalue weighted by molar-refractivity contribution is 0.402. The summed E-state index contributed by atoms with van der Waals surface area (Å²) in [5.74, 6) is 0.329. The molecule has 0 aliphatic heterocycles. The number of hydrogen-bond donors (Lipinski definition) is 1. The molecule has 0 unspecified atom stereocenters. The predicted molar refractivity (Wildman–Crippen MR) is 102 cm³/mol. The summed E-state index contributed by atoms with van der Waals surface area (Å²) in [6.07, 6.45) is 3.98. The van der Waals surface area contributed by atoms with Gasteiger partial charge in [0, 0.05) is 36.3 Å². The van der Waals surface area contributed by atoms with Crippen molar-refractivity contribution in [3.63, 3.8) is 0 Å². The van der Waals surface area contributed by atoms with Crippen molar-refractivity contribution >= 4 is 21.4 Å². The molecule has 0 amide bonds. The van der Waals surface area contributed by atoms with Crippen LogP contribution in [-0.4, -0.2) is 32.0 Å². The first-order valence-corrected chi connectivity index (χ1v) is 10.3. The minimum Gasteiger partial charge on any atom is -0.495 e. The summed E-state index contributed by atoms with van der Waals surface area (Å²) in [4.78, 5) is 8.77. The van der Waals surface area contributed by atoms with Gasteiger partial charge in [0.2, 0.25) is 10.0 Å². The standard InChI is InChI=1S/C18H19N3O3S2/c1-13-5-6-16(24-2)17(10-13)26(22,23)20-9-7-15-12-25-18(21-15)14-4-3-8-19-11-14/h3-6,8,10-12,20H,7,9H2,1-2H3. The van der Waals surface area contributed by atoms with E-state index in [1.54, 1.807) is 24.5 Å². The Hall–Kier alpha value is -2.29. The van der Waals surface area contributed by atoms with Gasteiger partial charge in [0.15, 0.2) is 0 Å². The number of aromatic nitrogens is 2. The number of benzene rings is 1. The molecule has 2 heterocycles. The van der Waals surface area contributed by atoms with Crippen molar-refractivity contribution in [1.29, 1.82) is 0 Å². The molecule has 0 atom stereocenters. The van der Waals surface area contributed by atoms with E-state index in [4.69, 9.17) is 4.74 Å². The van der Waals surface area contributed by atoms with E-state index in [1.807, 2.05) is 30.5 Å². The third kappa shape index (κ3) is 4.27. The topological polar surface area (TPSA) is 81.2 Å². The predicted octanol–water partition coefficient (Wildman–Crippen LogP) is 3.04. The number of rotatable bonds is 7. The summed E-state index contributed by atoms with van der Waals surface area (Å²) in [6, 6.07) is 8.88. The Labute approximate surface area is 157 Å². The second-order valence-corrected chi connectivity index (χ2v) is 8.28. The molecule has 0 saturated carbocycles. The SMILES string of the molecule is COc1ccc(C)cc1S(=O)(=O)NCCc1csc(-c2cccnc2)n1. The maximum Gasteiger partial charge on any atom is 0.244 e. The van der Waals surface area contributed by atoms with Crippen molar-refractivity contribution in [2.45, 2.75) is 18.2 Å². The molecule has 0 saturated heterocycles. The van der Waals surface area contributed by atoms with Gasteiger partial charge in [0.05, 0.1) is 12.8 Å². The molecule has 0 spiro atoms. The Morgan fingerprint density at radius 2 is 2.12 bits per heavy atom. The lowest BCUT2D eigenvalue weighted by Gasteiger charge is -2.11. The zero-order valence-corrected chi connectivity index (χ0v) is 16.1. The molecular formula is C18H19N3O3S2. The molecule has 0 bridgehead atoms. The van der Waals surface area contributed by atoms with Crippen molar-refractivity contribution in [2.75, 3.05) is 13.7 Å². The van der Waals surface area contributed by atoms with E-state index >= 15 is 0 Å². The van der Waals surface area contributed by atoms with Gasteiger partial charge in [-0.25, -0.2) is 18.1 Å². The van der Waals surface area contributed by atoms with Crippen LogP contribution >= 0.6 is 11.3 Å². The highest BCUT2D eigenvalue weighted by molar-refractivity contribution is 7.89. The molecule has 3 aromatic rings. The zero-order valence-electron chi connectivity index (χ0n) is 14.5. The number of pyridine rings is 1. The molecule has 1 N–H and O–H groups in total. The summed E-state index contributed by atoms with van der Waals surface area (Å²) in [7, 11) is -2.19. The van der Waals surface area contributed by atoms with Crippen molar-refractivity contribution in [2.24, 2.45) is 0 Å². The first kappa shape index (κ1) is 18.5. The fourth-order valence-corrected chi connectivity index (χ4v) is 4.56. The molecule has 0 aliphatic rings. The maximum absolute atomic E-state index is 12.6. The van der Waals surface area contributed by atoms with Crippen LogP contribution in [0.25, 0.3) is 10.6 Å². The lowest BCUT2D eigenvalue weighted by Crippen LogP contribution is -2.26. The summed E-state index contributed by atoms with van der Waals surface area (Å²) in [6.45, 7) is 2.10. The summed E-state index contributed by atoms with van der Waals surface area (Å²) < 4.78 is 32.9. The molecule has 0 fully saturated rings. The quantitative estimate of drug-likeness (QED) is 0.672. The zero-order chi connectivity index (χ0) is 18.6. The fourth-order valence-electron chi connectivity index (χ4n) is 2.43. The van der Waals surface area contributed by atoms with Gasteiger partial charge >= 0.3 is 0 Å². The van der Waals surface area contributed by atoms with Gasteiger partial charge in [-0.1, -0.05) is 6.07 Å². The van der Waals surface area contributed by atoms with Gasteiger partial charge in [0.25, 0.3) is 0 Å². The van der Waals surface area contributed by atoms with E-state index in [-0.39, 0.29) is 11.4 Å². The molecule has 136 valence electrons. The number of aryl methyl sites for hydroxylation is 1. The molecular weight excluding hydrogens is 370 g/mol. The van der Waals surface area contributed by atoms with Crippen LogP contribution < -0.4 is 9.46 Å². The van der Waals surface area contributed by atoms with Crippen LogP contribution in [0.2, 0.25) is 0 Å². The van der Waals surface area contributed by atoms with Crippen LogP contribution in [0.4, 0.5) is 0 Å². The number of ether oxygens (including phenoxy) is 1. The van der Waals surface area contributed by atoms with Gasteiger partial charge in [-0.05, 0) is 36.8 Å². The molecule has 2 aromatic heterocycles. The molecule has 8 heteroatoms. The lowest BCUT2D eigenvalue weighted by atomic mass is 10.2. The average molecular weight is 390 g/mol. The number of hydrogen-bond acceptors (Lipinski definition) is 6. The highest BCUT2D eigenvalue weighted by Gasteiger charge is 2.19. The van der Waals surface area contributed by atoms with Crippen LogP contribution in [0, 0.1) is 6.92 Å². The van der Waals surface area contributed by atoms with Gasteiger partial charge in [0.1, 0.15) is 15.7 Å². The molecule has 0 aliphatic carbocycles. The summed E-state index contributed by atoms with van der Waals surface area (Å²) in [5.41, 5.74) is 2.65. The van der Waals surface area contributed by atoms with Crippen LogP contribution in [0.15, 0.2) is 53.0 Å². The van der Waals surface area contributed by atoms with E-state index in [0.29, 0.717) is 12.2 Å². The largest absolute Gasteiger partial charge is 0.495 e. The first-order chi connectivity index (χ1) is 12.5. The smallest absolute Gasteiger partial charge is 0.244 e. The molecule has 3 rings (SSSR count). The maximum atomic E-state index is 12.6. The Kier molecular flexibility index (Phi) is 5.65. The molecule has 6 nitrogen and oxygen atoms in total. The minimum absolute atomic E-state index is 0.148. The monoisotopic (exact) mass is 389 g/mol. The second kappa shape index (κ2) is 7.94. The highest BCUT2D eigenvalue weighted by atomic mass is 32.2. The Bertz CT molecular complexity index is 986. The van der Waals surface area contributed by atoms with E-state index < -0.39 is 10.0 Å². The summed E-state index contributed by atoms with van der Waals surface area (Å²) in [5, 5.41) is 2.81. The van der Waals surface area contributed by atoms with Gasteiger partial charge in [-0.15, -0.1) is 11.3 Å². The van der Waals surface area contributed by atoms with Crippen molar-refractivity contribution in [3.8, 4) is 16.3 Å². The van der Waals surface area contributed by atoms with Gasteiger partial charge < -0.3 is 4.74 Å². The minimum atomic E-state index is -3.65. The van der Waals surface area contributed by atoms with E-state index in [2.05, 4.69) is 14.7 Å². The van der Waals surface area contributed by atoms with Crippen molar-refractivity contribution in [1.82, 2.24) is 14.7 Å². The normalized spacial score (nSPS) is 11.5. The van der Waals surface area contributed by atoms with Crippen LogP contribution in [0.3, 0.4) is 0 Å². The fraction of sp³-hybridized carbons (Fsp3) is 0.222. The van der Waals surface area contributed by atoms with E-state index in [9.17, 15) is 8.42 Å². The van der Waals surface area contributed by atoms with Gasteiger partial charge in [-0.3, -0.25) is 4.98 Å². The van der Waals surface area contributed by atoms with Gasteiger partial charge in [-0.2, -0.15) is 0 Å². The van der Waals surface area contributed by atoms with Crippen LogP contribution in [0.1, 0.15) is 11.3 Å². The van der Waals surface area contributed by atoms with Crippen molar-refractivity contribution < 1.29 is 13.2 Å². The average Bonchev–Trinajstić information content (AvgIpc) is 3.11. The third-order valence-corrected chi connectivity index (χ3v) is 6.16. The number of nitrogens with zero attached hydrogens (tertiary/aromatic N) is 2. The van der Waals surface area contributed by atoms with Crippen molar-refractivity contribution in [3.05, 3.63) is 59.4 Å². The second-order valence-electron chi connectivity index (χ2n) is 5.69. The summed E-state index contributed by atoms with van der Waals surface area (Å²) >= 11 is 1.52. The number of nitrogens with one attached hydrogen (secondary N) is 1. The number of thiazole rings is 1. The first-order valence-electron chi connectivity index (χ1n) is 7.99. The Balaban J connectivity index is 1.66.